The number of hydrogen-bond donors (Lipinski definition) is 0. The molecule has 198 valence electrons. The summed E-state index contributed by atoms with van der Waals surface area (Å²) in [7, 11) is 0. The lowest BCUT2D eigenvalue weighted by Crippen LogP contribution is -1.92. The summed E-state index contributed by atoms with van der Waals surface area (Å²) in [5, 5.41) is 0. The molecular weight excluding hydrogens is 514 g/mol. The smallest absolute Gasteiger partial charge is 0.0716 e. The Morgan fingerprint density at radius 3 is 0.905 bits per heavy atom. The molecule has 5 aromatic heterocycles. The van der Waals surface area contributed by atoms with E-state index in [2.05, 4.69) is 75.6 Å². The number of nitrogens with zero attached hydrogens (tertiary/aromatic N) is 5. The highest BCUT2D eigenvalue weighted by molar-refractivity contribution is 5.80. The van der Waals surface area contributed by atoms with Gasteiger partial charge in [-0.05, 0) is 82.9 Å². The van der Waals surface area contributed by atoms with Crippen molar-refractivity contribution in [2.45, 2.75) is 0 Å². The van der Waals surface area contributed by atoms with Crippen LogP contribution in [0.25, 0.3) is 67.3 Å². The molecule has 0 N–H and O–H groups in total. The van der Waals surface area contributed by atoms with Crippen molar-refractivity contribution in [2.75, 3.05) is 0 Å². The molecule has 7 rings (SSSR count). The third-order valence-electron chi connectivity index (χ3n) is 7.20. The predicted octanol–water partition coefficient (Wildman–Crippen LogP) is 8.66. The predicted molar refractivity (Wildman–Crippen MR) is 168 cm³/mol. The van der Waals surface area contributed by atoms with Crippen molar-refractivity contribution in [2.24, 2.45) is 0 Å². The summed E-state index contributed by atoms with van der Waals surface area (Å²) in [5.74, 6) is 0. The molecular formula is C37H25N5. The van der Waals surface area contributed by atoms with Crippen LogP contribution in [0.1, 0.15) is 0 Å². The van der Waals surface area contributed by atoms with Crippen molar-refractivity contribution in [3.8, 4) is 67.3 Å². The summed E-state index contributed by atoms with van der Waals surface area (Å²) in [4.78, 5) is 22.5. The molecule has 0 aliphatic rings. The highest BCUT2D eigenvalue weighted by Gasteiger charge is 2.12. The third-order valence-corrected chi connectivity index (χ3v) is 7.20. The maximum absolute atomic E-state index is 5.00. The molecule has 0 bridgehead atoms. The lowest BCUT2D eigenvalue weighted by atomic mass is 9.96. The fraction of sp³-hybridized carbons (Fsp3) is 0. The Bertz CT molecular complexity index is 1680. The first-order chi connectivity index (χ1) is 20.8. The Morgan fingerprint density at radius 2 is 0.571 bits per heavy atom. The molecule has 0 aliphatic carbocycles. The largest absolute Gasteiger partial charge is 0.265 e. The first-order valence-electron chi connectivity index (χ1n) is 13.7. The van der Waals surface area contributed by atoms with E-state index in [1.165, 1.54) is 0 Å². The van der Waals surface area contributed by atoms with Crippen LogP contribution in [0.5, 0.6) is 0 Å². The monoisotopic (exact) mass is 539 g/mol. The molecule has 0 atom stereocenters. The van der Waals surface area contributed by atoms with Crippen LogP contribution in [-0.2, 0) is 0 Å². The Kier molecular flexibility index (Phi) is 6.81. The zero-order chi connectivity index (χ0) is 28.1. The average Bonchev–Trinajstić information content (AvgIpc) is 3.09. The van der Waals surface area contributed by atoms with Gasteiger partial charge < -0.3 is 0 Å². The summed E-state index contributed by atoms with van der Waals surface area (Å²) in [6.07, 6.45) is 10.8. The molecule has 5 heterocycles. The van der Waals surface area contributed by atoms with Crippen molar-refractivity contribution < 1.29 is 0 Å². The van der Waals surface area contributed by atoms with Gasteiger partial charge in [-0.15, -0.1) is 0 Å². The second-order valence-electron chi connectivity index (χ2n) is 9.90. The molecule has 0 aliphatic heterocycles. The van der Waals surface area contributed by atoms with Crippen molar-refractivity contribution in [1.29, 1.82) is 0 Å². The van der Waals surface area contributed by atoms with Gasteiger partial charge in [-0.25, -0.2) is 9.97 Å². The number of aromatic nitrogens is 5. The van der Waals surface area contributed by atoms with Gasteiger partial charge in [0.2, 0.25) is 0 Å². The molecule has 0 amide bonds. The van der Waals surface area contributed by atoms with Gasteiger partial charge >= 0.3 is 0 Å². The molecule has 0 fully saturated rings. The van der Waals surface area contributed by atoms with Crippen LogP contribution < -0.4 is 0 Å². The molecule has 0 saturated carbocycles. The van der Waals surface area contributed by atoms with Crippen LogP contribution in [0.4, 0.5) is 0 Å². The van der Waals surface area contributed by atoms with Crippen LogP contribution in [0.2, 0.25) is 0 Å². The minimum Gasteiger partial charge on any atom is -0.265 e. The topological polar surface area (TPSA) is 64.5 Å². The van der Waals surface area contributed by atoms with Crippen molar-refractivity contribution >= 4 is 0 Å². The van der Waals surface area contributed by atoms with Gasteiger partial charge in [0.15, 0.2) is 0 Å². The molecule has 5 nitrogen and oxygen atoms in total. The molecule has 0 unspecified atom stereocenters. The fourth-order valence-corrected chi connectivity index (χ4v) is 5.02. The highest BCUT2D eigenvalue weighted by atomic mass is 14.7. The van der Waals surface area contributed by atoms with Crippen LogP contribution in [0.3, 0.4) is 0 Å². The summed E-state index contributed by atoms with van der Waals surface area (Å²) >= 11 is 0. The lowest BCUT2D eigenvalue weighted by molar-refractivity contribution is 1.27. The van der Waals surface area contributed by atoms with Crippen molar-refractivity contribution in [3.63, 3.8) is 0 Å². The molecule has 0 radical (unpaired) electrons. The Balaban J connectivity index is 1.31. The molecule has 2 aromatic carbocycles. The zero-order valence-electron chi connectivity index (χ0n) is 22.7. The highest BCUT2D eigenvalue weighted by Crippen LogP contribution is 2.33. The van der Waals surface area contributed by atoms with Gasteiger partial charge in [0.25, 0.3) is 0 Å². The van der Waals surface area contributed by atoms with E-state index >= 15 is 0 Å². The summed E-state index contributed by atoms with van der Waals surface area (Å²) in [5.41, 5.74) is 12.2. The van der Waals surface area contributed by atoms with Gasteiger partial charge in [0.1, 0.15) is 0 Å². The quantitative estimate of drug-likeness (QED) is 0.212. The zero-order valence-corrected chi connectivity index (χ0v) is 22.7. The van der Waals surface area contributed by atoms with Crippen molar-refractivity contribution in [3.05, 3.63) is 152 Å². The lowest BCUT2D eigenvalue weighted by Gasteiger charge is -2.12. The second-order valence-corrected chi connectivity index (χ2v) is 9.90. The first kappa shape index (κ1) is 25.2. The number of rotatable bonds is 6. The van der Waals surface area contributed by atoms with Gasteiger partial charge in [0, 0.05) is 59.4 Å². The van der Waals surface area contributed by atoms with E-state index in [-0.39, 0.29) is 0 Å². The summed E-state index contributed by atoms with van der Waals surface area (Å²) in [6, 6.07) is 39.5. The standard InChI is InChI=1S/C37H25N5/c1-2-4-28(5-3-1)34-22-32(23-35(41-34)29-10-16-38-17-11-29)26-6-8-27(9-7-26)33-24-36(30-12-18-39-19-13-30)42-37(25-33)31-14-20-40-21-15-31/h1-25H. The molecule has 7 aromatic rings. The fourth-order valence-electron chi connectivity index (χ4n) is 5.02. The van der Waals surface area contributed by atoms with Crippen LogP contribution >= 0.6 is 0 Å². The van der Waals surface area contributed by atoms with E-state index in [1.807, 2.05) is 54.6 Å². The normalized spacial score (nSPS) is 10.9. The Labute approximate surface area is 244 Å². The Hall–Kier alpha value is -5.81. The minimum absolute atomic E-state index is 0.898. The van der Waals surface area contributed by atoms with E-state index in [0.29, 0.717) is 0 Å². The Morgan fingerprint density at radius 1 is 0.262 bits per heavy atom. The van der Waals surface area contributed by atoms with Gasteiger partial charge in [-0.3, -0.25) is 15.0 Å². The van der Waals surface area contributed by atoms with E-state index in [4.69, 9.17) is 9.97 Å². The maximum Gasteiger partial charge on any atom is 0.0716 e. The third kappa shape index (κ3) is 5.31. The number of pyridine rings is 5. The molecule has 0 spiro atoms. The van der Waals surface area contributed by atoms with E-state index in [9.17, 15) is 0 Å². The van der Waals surface area contributed by atoms with Crippen LogP contribution in [0, 0.1) is 0 Å². The molecule has 0 saturated heterocycles. The van der Waals surface area contributed by atoms with E-state index in [1.54, 1.807) is 37.2 Å². The molecule has 5 heteroatoms. The van der Waals surface area contributed by atoms with Gasteiger partial charge in [-0.1, -0.05) is 54.6 Å². The number of benzene rings is 2. The second kappa shape index (κ2) is 11.4. The van der Waals surface area contributed by atoms with E-state index < -0.39 is 0 Å². The van der Waals surface area contributed by atoms with Crippen molar-refractivity contribution in [1.82, 2.24) is 24.9 Å². The average molecular weight is 540 g/mol. The maximum atomic E-state index is 5.00. The summed E-state index contributed by atoms with van der Waals surface area (Å²) < 4.78 is 0. The van der Waals surface area contributed by atoms with Crippen LogP contribution in [0.15, 0.2) is 152 Å². The minimum atomic E-state index is 0.898. The number of hydrogen-bond acceptors (Lipinski definition) is 5. The van der Waals surface area contributed by atoms with Gasteiger partial charge in [-0.2, -0.15) is 0 Å². The first-order valence-corrected chi connectivity index (χ1v) is 13.7. The SMILES string of the molecule is c1ccc(-c2cc(-c3ccc(-c4cc(-c5ccncc5)nc(-c5ccncc5)c4)cc3)cc(-c3ccncc3)n2)cc1. The van der Waals surface area contributed by atoms with Gasteiger partial charge in [0.05, 0.1) is 22.8 Å². The van der Waals surface area contributed by atoms with Crippen LogP contribution in [-0.4, -0.2) is 24.9 Å². The van der Waals surface area contributed by atoms with E-state index in [0.717, 1.165) is 67.3 Å². The molecule has 42 heavy (non-hydrogen) atoms. The summed E-state index contributed by atoms with van der Waals surface area (Å²) in [6.45, 7) is 0.